The number of hydrogen-bond acceptors (Lipinski definition) is 3. The van der Waals surface area contributed by atoms with Crippen LogP contribution < -0.4 is 5.32 Å². The smallest absolute Gasteiger partial charge is 0.137 e. The largest absolute Gasteiger partial charge is 0.396 e. The normalized spacial score (nSPS) is 12.9. The summed E-state index contributed by atoms with van der Waals surface area (Å²) in [7, 11) is 0. The first-order valence-corrected chi connectivity index (χ1v) is 7.68. The highest BCUT2D eigenvalue weighted by Gasteiger charge is 2.12. The van der Waals surface area contributed by atoms with E-state index in [9.17, 15) is 4.39 Å². The molecule has 1 aromatic carbocycles. The fourth-order valence-electron chi connectivity index (χ4n) is 1.76. The van der Waals surface area contributed by atoms with E-state index in [1.807, 2.05) is 13.0 Å². The summed E-state index contributed by atoms with van der Waals surface area (Å²) >= 11 is 1.51. The van der Waals surface area contributed by atoms with Crippen molar-refractivity contribution in [1.82, 2.24) is 5.32 Å². The molecule has 0 saturated heterocycles. The number of halogens is 1. The molecule has 1 unspecified atom stereocenters. The maximum atomic E-state index is 13.9. The Bertz CT molecular complexity index is 384. The zero-order chi connectivity index (χ0) is 14.3. The predicted molar refractivity (Wildman–Crippen MR) is 80.0 cm³/mol. The third kappa shape index (κ3) is 5.93. The second kappa shape index (κ2) is 8.56. The highest BCUT2D eigenvalue weighted by atomic mass is 32.2. The average molecular weight is 285 g/mol. The number of thioether (sulfide) groups is 1. The first kappa shape index (κ1) is 16.5. The van der Waals surface area contributed by atoms with Crippen LogP contribution in [0.25, 0.3) is 0 Å². The molecular weight excluding hydrogens is 261 g/mol. The predicted octanol–water partition coefficient (Wildman–Crippen LogP) is 3.43. The Morgan fingerprint density at radius 1 is 1.32 bits per heavy atom. The summed E-state index contributed by atoms with van der Waals surface area (Å²) in [6, 6.07) is 5.22. The van der Waals surface area contributed by atoms with Crippen LogP contribution in [-0.2, 0) is 6.54 Å². The maximum absolute atomic E-state index is 13.9. The SMILES string of the molecule is CC(C)CNCc1cccc(F)c1SC(C)CCO. The highest BCUT2D eigenvalue weighted by molar-refractivity contribution is 8.00. The van der Waals surface area contributed by atoms with Gasteiger partial charge in [0.25, 0.3) is 0 Å². The van der Waals surface area contributed by atoms with Crippen molar-refractivity contribution in [3.05, 3.63) is 29.6 Å². The van der Waals surface area contributed by atoms with Crippen molar-refractivity contribution in [2.45, 2.75) is 43.9 Å². The summed E-state index contributed by atoms with van der Waals surface area (Å²) in [5.41, 5.74) is 0.996. The van der Waals surface area contributed by atoms with Crippen LogP contribution in [0.3, 0.4) is 0 Å². The molecule has 0 fully saturated rings. The molecule has 1 aromatic rings. The van der Waals surface area contributed by atoms with Crippen LogP contribution in [0.15, 0.2) is 23.1 Å². The second-order valence-electron chi connectivity index (χ2n) is 5.19. The fraction of sp³-hybridized carbons (Fsp3) is 0.600. The number of aliphatic hydroxyl groups excluding tert-OH is 1. The van der Waals surface area contributed by atoms with E-state index in [-0.39, 0.29) is 17.7 Å². The number of benzene rings is 1. The van der Waals surface area contributed by atoms with Crippen molar-refractivity contribution in [2.24, 2.45) is 5.92 Å². The van der Waals surface area contributed by atoms with E-state index in [1.165, 1.54) is 17.8 Å². The molecule has 0 aliphatic heterocycles. The standard InChI is InChI=1S/C15H24FNOS/c1-11(2)9-17-10-13-5-4-6-14(16)15(13)19-12(3)7-8-18/h4-6,11-12,17-18H,7-10H2,1-3H3. The molecule has 108 valence electrons. The zero-order valence-electron chi connectivity index (χ0n) is 11.9. The minimum atomic E-state index is -0.168. The van der Waals surface area contributed by atoms with Crippen LogP contribution in [-0.4, -0.2) is 23.5 Å². The van der Waals surface area contributed by atoms with E-state index >= 15 is 0 Å². The van der Waals surface area contributed by atoms with Crippen molar-refractivity contribution in [1.29, 1.82) is 0 Å². The lowest BCUT2D eigenvalue weighted by Gasteiger charge is -2.15. The summed E-state index contributed by atoms with van der Waals surface area (Å²) in [6.45, 7) is 8.06. The Balaban J connectivity index is 2.71. The first-order chi connectivity index (χ1) is 9.04. The quantitative estimate of drug-likeness (QED) is 0.718. The summed E-state index contributed by atoms with van der Waals surface area (Å²) < 4.78 is 13.9. The molecule has 0 aliphatic rings. The Kier molecular flexibility index (Phi) is 7.42. The average Bonchev–Trinajstić information content (AvgIpc) is 2.33. The molecular formula is C15H24FNOS. The van der Waals surface area contributed by atoms with Crippen molar-refractivity contribution >= 4 is 11.8 Å². The fourth-order valence-corrected chi connectivity index (χ4v) is 2.86. The van der Waals surface area contributed by atoms with Crippen molar-refractivity contribution < 1.29 is 9.50 Å². The lowest BCUT2D eigenvalue weighted by Crippen LogP contribution is -2.19. The number of aliphatic hydroxyl groups is 1. The van der Waals surface area contributed by atoms with Gasteiger partial charge in [-0.15, -0.1) is 11.8 Å². The number of nitrogens with one attached hydrogen (secondary N) is 1. The summed E-state index contributed by atoms with van der Waals surface area (Å²) in [5, 5.41) is 12.5. The molecule has 0 saturated carbocycles. The maximum Gasteiger partial charge on any atom is 0.137 e. The van der Waals surface area contributed by atoms with Crippen LogP contribution >= 0.6 is 11.8 Å². The number of rotatable bonds is 8. The molecule has 0 spiro atoms. The van der Waals surface area contributed by atoms with E-state index < -0.39 is 0 Å². The molecule has 0 radical (unpaired) electrons. The van der Waals surface area contributed by atoms with Crippen LogP contribution in [0.5, 0.6) is 0 Å². The highest BCUT2D eigenvalue weighted by Crippen LogP contribution is 2.30. The lowest BCUT2D eigenvalue weighted by atomic mass is 10.2. The minimum absolute atomic E-state index is 0.142. The van der Waals surface area contributed by atoms with Crippen LogP contribution in [0.1, 0.15) is 32.8 Å². The van der Waals surface area contributed by atoms with Gasteiger partial charge in [-0.1, -0.05) is 32.9 Å². The van der Waals surface area contributed by atoms with Crippen molar-refractivity contribution in [3.8, 4) is 0 Å². The van der Waals surface area contributed by atoms with E-state index in [1.54, 1.807) is 6.07 Å². The third-order valence-corrected chi connectivity index (χ3v) is 4.10. The van der Waals surface area contributed by atoms with E-state index in [2.05, 4.69) is 19.2 Å². The number of hydrogen-bond donors (Lipinski definition) is 2. The molecule has 0 aromatic heterocycles. The summed E-state index contributed by atoms with van der Waals surface area (Å²) in [6.07, 6.45) is 0.678. The summed E-state index contributed by atoms with van der Waals surface area (Å²) in [4.78, 5) is 0.708. The van der Waals surface area contributed by atoms with E-state index in [0.29, 0.717) is 23.8 Å². The molecule has 0 heterocycles. The first-order valence-electron chi connectivity index (χ1n) is 6.80. The molecule has 2 N–H and O–H groups in total. The van der Waals surface area contributed by atoms with Gasteiger partial charge in [0.05, 0.1) is 0 Å². The molecule has 0 aliphatic carbocycles. The van der Waals surface area contributed by atoms with Gasteiger partial charge in [-0.05, 0) is 30.5 Å². The zero-order valence-corrected chi connectivity index (χ0v) is 12.8. The van der Waals surface area contributed by atoms with Gasteiger partial charge in [-0.25, -0.2) is 4.39 Å². The van der Waals surface area contributed by atoms with Gasteiger partial charge < -0.3 is 10.4 Å². The van der Waals surface area contributed by atoms with Gasteiger partial charge in [0.15, 0.2) is 0 Å². The van der Waals surface area contributed by atoms with E-state index in [4.69, 9.17) is 5.11 Å². The molecule has 19 heavy (non-hydrogen) atoms. The third-order valence-electron chi connectivity index (χ3n) is 2.77. The molecule has 0 amide bonds. The monoisotopic (exact) mass is 285 g/mol. The Labute approximate surface area is 119 Å². The molecule has 0 bridgehead atoms. The van der Waals surface area contributed by atoms with Crippen LogP contribution in [0.2, 0.25) is 0 Å². The van der Waals surface area contributed by atoms with Gasteiger partial charge in [0.2, 0.25) is 0 Å². The van der Waals surface area contributed by atoms with E-state index in [0.717, 1.165) is 12.1 Å². The molecule has 1 rings (SSSR count). The summed E-state index contributed by atoms with van der Waals surface area (Å²) in [5.74, 6) is 0.414. The second-order valence-corrected chi connectivity index (χ2v) is 6.64. The Hall–Kier alpha value is -0.580. The van der Waals surface area contributed by atoms with Crippen LogP contribution in [0.4, 0.5) is 4.39 Å². The van der Waals surface area contributed by atoms with Gasteiger partial charge >= 0.3 is 0 Å². The van der Waals surface area contributed by atoms with Gasteiger partial charge in [0, 0.05) is 23.3 Å². The van der Waals surface area contributed by atoms with Crippen LogP contribution in [0, 0.1) is 11.7 Å². The van der Waals surface area contributed by atoms with Gasteiger partial charge in [0.1, 0.15) is 5.82 Å². The molecule has 2 nitrogen and oxygen atoms in total. The Morgan fingerprint density at radius 3 is 2.68 bits per heavy atom. The minimum Gasteiger partial charge on any atom is -0.396 e. The molecule has 1 atom stereocenters. The lowest BCUT2D eigenvalue weighted by molar-refractivity contribution is 0.289. The van der Waals surface area contributed by atoms with Crippen molar-refractivity contribution in [2.75, 3.05) is 13.2 Å². The van der Waals surface area contributed by atoms with Gasteiger partial charge in [-0.2, -0.15) is 0 Å². The van der Waals surface area contributed by atoms with Gasteiger partial charge in [-0.3, -0.25) is 0 Å². The Morgan fingerprint density at radius 2 is 2.05 bits per heavy atom. The van der Waals surface area contributed by atoms with Crippen molar-refractivity contribution in [3.63, 3.8) is 0 Å². The molecule has 4 heteroatoms. The topological polar surface area (TPSA) is 32.3 Å².